The summed E-state index contributed by atoms with van der Waals surface area (Å²) < 4.78 is 23.4. The predicted molar refractivity (Wildman–Crippen MR) is 101 cm³/mol. The molecule has 2 amide bonds. The summed E-state index contributed by atoms with van der Waals surface area (Å²) in [5.74, 6) is -0.324. The van der Waals surface area contributed by atoms with Crippen LogP contribution in [0.25, 0.3) is 0 Å². The number of nitrogens with one attached hydrogen (secondary N) is 2. The van der Waals surface area contributed by atoms with Crippen molar-refractivity contribution < 1.29 is 23.5 Å². The Labute approximate surface area is 161 Å². The first-order valence-corrected chi connectivity index (χ1v) is 8.73. The van der Waals surface area contributed by atoms with E-state index < -0.39 is 17.9 Å². The molecule has 8 heteroatoms. The molecule has 146 valence electrons. The van der Waals surface area contributed by atoms with Crippen LogP contribution < -0.4 is 20.2 Å². The van der Waals surface area contributed by atoms with Crippen LogP contribution in [0.3, 0.4) is 0 Å². The normalized spacial score (nSPS) is 13.6. The van der Waals surface area contributed by atoms with Gasteiger partial charge in [-0.3, -0.25) is 9.59 Å². The summed E-state index contributed by atoms with van der Waals surface area (Å²) in [5, 5.41) is 6.58. The van der Waals surface area contributed by atoms with E-state index in [9.17, 15) is 14.0 Å². The summed E-state index contributed by atoms with van der Waals surface area (Å²) in [6.45, 7) is 3.74. The highest BCUT2D eigenvalue weighted by Crippen LogP contribution is 2.32. The van der Waals surface area contributed by atoms with Gasteiger partial charge in [0.2, 0.25) is 6.79 Å². The Bertz CT molecular complexity index is 897. The molecule has 7 nitrogen and oxygen atoms in total. The monoisotopic (exact) mass is 385 g/mol. The molecule has 1 aliphatic rings. The zero-order valence-corrected chi connectivity index (χ0v) is 15.4. The Morgan fingerprint density at radius 3 is 2.54 bits per heavy atom. The maximum absolute atomic E-state index is 12.9. The van der Waals surface area contributed by atoms with Crippen LogP contribution in [0.2, 0.25) is 0 Å². The summed E-state index contributed by atoms with van der Waals surface area (Å²) in [5.41, 5.74) is 3.39. The number of hydrazone groups is 1. The number of fused-ring (bicyclic) bond motifs is 1. The maximum atomic E-state index is 12.9. The number of benzene rings is 2. The minimum atomic E-state index is -0.789. The largest absolute Gasteiger partial charge is 0.454 e. The fourth-order valence-electron chi connectivity index (χ4n) is 2.59. The van der Waals surface area contributed by atoms with Crippen LogP contribution in [0.15, 0.2) is 47.6 Å². The molecule has 0 aromatic heterocycles. The molecular weight excluding hydrogens is 365 g/mol. The fraction of sp³-hybridized carbons (Fsp3) is 0.250. The number of rotatable bonds is 6. The number of nitrogens with zero attached hydrogens (tertiary/aromatic N) is 1. The second kappa shape index (κ2) is 8.51. The van der Waals surface area contributed by atoms with Gasteiger partial charge in [-0.15, -0.1) is 0 Å². The smallest absolute Gasteiger partial charge is 0.262 e. The number of carbonyl (C=O) groups excluding carboxylic acids is 2. The molecule has 0 saturated carbocycles. The third-order valence-electron chi connectivity index (χ3n) is 4.13. The van der Waals surface area contributed by atoms with Crippen molar-refractivity contribution in [2.45, 2.75) is 19.9 Å². The number of hydrogen-bond acceptors (Lipinski definition) is 5. The molecule has 2 aromatic carbocycles. The first-order chi connectivity index (χ1) is 13.4. The van der Waals surface area contributed by atoms with Crippen molar-refractivity contribution in [2.75, 3.05) is 6.79 Å². The van der Waals surface area contributed by atoms with Gasteiger partial charge in [-0.25, -0.2) is 9.82 Å². The van der Waals surface area contributed by atoms with Crippen molar-refractivity contribution >= 4 is 18.0 Å². The zero-order valence-electron chi connectivity index (χ0n) is 15.4. The fourth-order valence-corrected chi connectivity index (χ4v) is 2.59. The van der Waals surface area contributed by atoms with Gasteiger partial charge >= 0.3 is 0 Å². The van der Waals surface area contributed by atoms with Gasteiger partial charge in [-0.05, 0) is 41.8 Å². The zero-order chi connectivity index (χ0) is 20.1. The first kappa shape index (κ1) is 19.3. The number of ether oxygens (including phenoxy) is 2. The number of halogens is 1. The Morgan fingerprint density at radius 2 is 1.82 bits per heavy atom. The molecule has 0 fully saturated rings. The number of carbonyl (C=O) groups is 2. The summed E-state index contributed by atoms with van der Waals surface area (Å²) in [6, 6.07) is 9.69. The van der Waals surface area contributed by atoms with Gasteiger partial charge in [-0.1, -0.05) is 26.0 Å². The Kier molecular flexibility index (Phi) is 5.88. The van der Waals surface area contributed by atoms with Crippen LogP contribution in [0.4, 0.5) is 4.39 Å². The van der Waals surface area contributed by atoms with E-state index in [0.29, 0.717) is 22.6 Å². The highest BCUT2D eigenvalue weighted by atomic mass is 19.1. The van der Waals surface area contributed by atoms with Crippen molar-refractivity contribution in [3.8, 4) is 11.5 Å². The molecule has 1 unspecified atom stereocenters. The maximum Gasteiger partial charge on any atom is 0.262 e. The minimum absolute atomic E-state index is 0.115. The van der Waals surface area contributed by atoms with E-state index >= 15 is 0 Å². The summed E-state index contributed by atoms with van der Waals surface area (Å²) in [6.07, 6.45) is 1.40. The number of amides is 2. The van der Waals surface area contributed by atoms with Crippen LogP contribution >= 0.6 is 0 Å². The molecule has 0 aliphatic carbocycles. The molecule has 1 atom stereocenters. The van der Waals surface area contributed by atoms with Crippen molar-refractivity contribution in [3.05, 3.63) is 59.4 Å². The SMILES string of the molecule is CC(C)C(NC(=O)c1ccc2c(c1)OCO2)C(=O)N/N=C/c1ccc(F)cc1. The summed E-state index contributed by atoms with van der Waals surface area (Å²) in [4.78, 5) is 25.0. The van der Waals surface area contributed by atoms with Gasteiger partial charge in [0.25, 0.3) is 11.8 Å². The lowest BCUT2D eigenvalue weighted by molar-refractivity contribution is -0.123. The molecule has 0 spiro atoms. The third-order valence-corrected chi connectivity index (χ3v) is 4.13. The van der Waals surface area contributed by atoms with E-state index in [1.165, 1.54) is 30.5 Å². The number of hydrogen-bond donors (Lipinski definition) is 2. The Hall–Kier alpha value is -3.42. The lowest BCUT2D eigenvalue weighted by atomic mass is 10.0. The van der Waals surface area contributed by atoms with Gasteiger partial charge in [0.15, 0.2) is 11.5 Å². The standard InChI is InChI=1S/C20H20FN3O4/c1-12(2)18(20(26)24-22-10-13-3-6-15(21)7-4-13)23-19(25)14-5-8-16-17(9-14)28-11-27-16/h3-10,12,18H,11H2,1-2H3,(H,23,25)(H,24,26)/b22-10+. The van der Waals surface area contributed by atoms with Crippen LogP contribution in [-0.4, -0.2) is 30.9 Å². The van der Waals surface area contributed by atoms with Gasteiger partial charge < -0.3 is 14.8 Å². The topological polar surface area (TPSA) is 89.0 Å². The molecule has 1 heterocycles. The van der Waals surface area contributed by atoms with Crippen molar-refractivity contribution in [1.82, 2.24) is 10.7 Å². The third kappa shape index (κ3) is 4.64. The Balaban J connectivity index is 1.62. The average Bonchev–Trinajstić information content (AvgIpc) is 3.14. The highest BCUT2D eigenvalue weighted by molar-refractivity contribution is 5.98. The lowest BCUT2D eigenvalue weighted by Crippen LogP contribution is -2.48. The van der Waals surface area contributed by atoms with E-state index in [1.807, 2.05) is 13.8 Å². The van der Waals surface area contributed by atoms with Crippen LogP contribution in [0.5, 0.6) is 11.5 Å². The van der Waals surface area contributed by atoms with Crippen molar-refractivity contribution in [3.63, 3.8) is 0 Å². The van der Waals surface area contributed by atoms with Gasteiger partial charge in [-0.2, -0.15) is 5.10 Å². The van der Waals surface area contributed by atoms with E-state index in [4.69, 9.17) is 9.47 Å². The van der Waals surface area contributed by atoms with Crippen molar-refractivity contribution in [1.29, 1.82) is 0 Å². The molecule has 2 N–H and O–H groups in total. The quantitative estimate of drug-likeness (QED) is 0.591. The average molecular weight is 385 g/mol. The van der Waals surface area contributed by atoms with E-state index in [-0.39, 0.29) is 18.5 Å². The molecule has 2 aromatic rings. The molecule has 0 radical (unpaired) electrons. The van der Waals surface area contributed by atoms with Crippen LogP contribution in [0.1, 0.15) is 29.8 Å². The van der Waals surface area contributed by atoms with Crippen molar-refractivity contribution in [2.24, 2.45) is 11.0 Å². The first-order valence-electron chi connectivity index (χ1n) is 8.73. The second-order valence-electron chi connectivity index (χ2n) is 6.55. The van der Waals surface area contributed by atoms with E-state index in [1.54, 1.807) is 18.2 Å². The molecule has 0 bridgehead atoms. The summed E-state index contributed by atoms with van der Waals surface area (Å²) >= 11 is 0. The lowest BCUT2D eigenvalue weighted by Gasteiger charge is -2.20. The van der Waals surface area contributed by atoms with Gasteiger partial charge in [0.1, 0.15) is 11.9 Å². The predicted octanol–water partition coefficient (Wildman–Crippen LogP) is 2.46. The minimum Gasteiger partial charge on any atom is -0.454 e. The molecular formula is C20H20FN3O4. The van der Waals surface area contributed by atoms with Gasteiger partial charge in [0, 0.05) is 5.56 Å². The van der Waals surface area contributed by atoms with E-state index in [2.05, 4.69) is 15.8 Å². The highest BCUT2D eigenvalue weighted by Gasteiger charge is 2.25. The Morgan fingerprint density at radius 1 is 1.11 bits per heavy atom. The molecule has 28 heavy (non-hydrogen) atoms. The molecule has 1 aliphatic heterocycles. The van der Waals surface area contributed by atoms with Crippen LogP contribution in [0, 0.1) is 11.7 Å². The van der Waals surface area contributed by atoms with Crippen LogP contribution in [-0.2, 0) is 4.79 Å². The van der Waals surface area contributed by atoms with E-state index in [0.717, 1.165) is 0 Å². The molecule has 3 rings (SSSR count). The molecule has 0 saturated heterocycles. The van der Waals surface area contributed by atoms with Gasteiger partial charge in [0.05, 0.1) is 6.21 Å². The second-order valence-corrected chi connectivity index (χ2v) is 6.55. The summed E-state index contributed by atoms with van der Waals surface area (Å²) in [7, 11) is 0.